The molecule has 11 rings (SSSR count). The first-order chi connectivity index (χ1) is 59.8. The van der Waals surface area contributed by atoms with Crippen molar-refractivity contribution in [3.63, 3.8) is 0 Å². The Morgan fingerprint density at radius 2 is 1.42 bits per heavy atom. The molecule has 8 N–H and O–H groups in total. The van der Waals surface area contributed by atoms with Crippen molar-refractivity contribution >= 4 is 63.6 Å². The third kappa shape index (κ3) is 26.6. The topological polar surface area (TPSA) is 419 Å². The molecular weight excluding hydrogens is 1600 g/mol. The molecule has 33 nitrogen and oxygen atoms in total. The lowest BCUT2D eigenvalue weighted by atomic mass is 9.80. The van der Waals surface area contributed by atoms with Crippen molar-refractivity contribution in [2.45, 2.75) is 211 Å². The molecule has 33 heteroatoms. The molecule has 6 aliphatic rings. The number of carbonyl (C=O) groups excluding carboxylic acids is 6. The highest BCUT2D eigenvalue weighted by molar-refractivity contribution is 6.39. The van der Waals surface area contributed by atoms with Gasteiger partial charge in [0.05, 0.1) is 122 Å². The molecule has 5 aromatic rings. The number of rotatable bonds is 30. The summed E-state index contributed by atoms with van der Waals surface area (Å²) in [5.74, 6) is -8.36. The van der Waals surface area contributed by atoms with Crippen LogP contribution in [-0.4, -0.2) is 306 Å². The average Bonchev–Trinajstić information content (AvgIpc) is 1.69. The number of allylic oxidation sites excluding steroid dienone is 5. The number of piperazine rings is 1. The second-order valence-electron chi connectivity index (χ2n) is 34.0. The molecule has 3 amide bonds. The van der Waals surface area contributed by atoms with Gasteiger partial charge in [0.25, 0.3) is 17.7 Å². The molecule has 5 aliphatic heterocycles. The van der Waals surface area contributed by atoms with E-state index >= 15 is 0 Å². The Morgan fingerprint density at radius 1 is 0.710 bits per heavy atom. The molecule has 1 aliphatic carbocycles. The summed E-state index contributed by atoms with van der Waals surface area (Å²) in [4.78, 5) is 104. The van der Waals surface area contributed by atoms with Crippen LogP contribution in [0.4, 0.5) is 10.8 Å². The van der Waals surface area contributed by atoms with E-state index in [1.54, 1.807) is 59.1 Å². The number of cyclic esters (lactones) is 1. The van der Waals surface area contributed by atoms with Crippen LogP contribution in [0.15, 0.2) is 101 Å². The summed E-state index contributed by atoms with van der Waals surface area (Å²) in [6.07, 6.45) is 11.2. The standard InChI is InChI=1S/C91H131N11O22/c1-58-14-10-9-11-15-59(2)77(113-7)52-69-22-17-63(6)91(112,124-69)85(108)87(109)101-27-13-12-16-73(101)88(110)121-78(53-74(103)60(3)47-62(5)83(106)84(107)82(105)61(4)46-58)71(92)49-64-19-23-76(79(50-64)114-8)123-90(111)99-31-29-98(30-32-99)33-35-116-37-39-118-41-43-120-45-44-119-42-40-117-38-36-115-34-26-80(104)100-28-25-66-48-65(18-20-68(66)56-100)55-102-86-70(54-94-57-95-86)81(97-102)67-21-24-75-72(51-67)96-89(93)122-75/h9-11,14-15,18,20-21,24,47-48,51,54,57-58,60-61,63-64,69,71,73-74,76-79,83-84,103,106-107,112H,12-13,16-17,19,22-23,25-46,49-50,52-53,55-56,92H2,1-8H3,(H2,93,96)/b11-9?,14-10+,59-15?,62-47+/t58-,60-,61-,63-,64+,69+,71-,73+,74-,76-,77+,78+,79-,83-,84+,91-/m1/s1. The van der Waals surface area contributed by atoms with Crippen molar-refractivity contribution in [1.29, 1.82) is 0 Å². The van der Waals surface area contributed by atoms with Gasteiger partial charge in [-0.05, 0) is 142 Å². The summed E-state index contributed by atoms with van der Waals surface area (Å²) in [5, 5.41) is 52.5. The number of methoxy groups -OCH3 is 2. The molecule has 2 bridgehead atoms. The number of fused-ring (bicyclic) bond motifs is 6. The number of benzene rings is 2. The van der Waals surface area contributed by atoms with E-state index in [4.69, 9.17) is 73.1 Å². The molecule has 0 unspecified atom stereocenters. The second-order valence-corrected chi connectivity index (χ2v) is 34.0. The smallest absolute Gasteiger partial charge is 0.410 e. The van der Waals surface area contributed by atoms with Crippen molar-refractivity contribution in [2.75, 3.05) is 145 Å². The number of ketones is 2. The van der Waals surface area contributed by atoms with Gasteiger partial charge < -0.3 is 103 Å². The zero-order chi connectivity index (χ0) is 88.4. The number of carbonyl (C=O) groups is 6. The Bertz CT molecular complexity index is 4430. The van der Waals surface area contributed by atoms with Crippen LogP contribution in [0.1, 0.15) is 142 Å². The number of piperidine rings is 1. The van der Waals surface area contributed by atoms with Crippen molar-refractivity contribution in [2.24, 2.45) is 35.3 Å². The minimum atomic E-state index is -2.49. The first-order valence-corrected chi connectivity index (χ1v) is 44.2. The van der Waals surface area contributed by atoms with Crippen LogP contribution in [0.3, 0.4) is 0 Å². The normalized spacial score (nSPS) is 28.2. The van der Waals surface area contributed by atoms with E-state index in [9.17, 15) is 49.2 Å². The fourth-order valence-corrected chi connectivity index (χ4v) is 17.4. The van der Waals surface area contributed by atoms with Gasteiger partial charge in [0.15, 0.2) is 17.0 Å². The lowest BCUT2D eigenvalue weighted by Gasteiger charge is -2.43. The third-order valence-electron chi connectivity index (χ3n) is 25.0. The number of nitrogen functional groups attached to an aromatic ring is 1. The number of hydrogen-bond acceptors (Lipinski definition) is 29. The maximum absolute atomic E-state index is 14.7. The largest absolute Gasteiger partial charge is 0.459 e. The van der Waals surface area contributed by atoms with Gasteiger partial charge in [0, 0.05) is 115 Å². The molecule has 3 aromatic heterocycles. The summed E-state index contributed by atoms with van der Waals surface area (Å²) < 4.78 is 72.2. The highest BCUT2D eigenvalue weighted by Crippen LogP contribution is 2.39. The Morgan fingerprint density at radius 3 is 2.13 bits per heavy atom. The average molecular weight is 1730 g/mol. The van der Waals surface area contributed by atoms with Gasteiger partial charge in [0.2, 0.25) is 11.7 Å². The van der Waals surface area contributed by atoms with Gasteiger partial charge in [-0.2, -0.15) is 10.1 Å². The molecule has 3 saturated heterocycles. The molecule has 16 atom stereocenters. The number of esters is 1. The van der Waals surface area contributed by atoms with Crippen LogP contribution in [0.5, 0.6) is 0 Å². The highest BCUT2D eigenvalue weighted by Gasteiger charge is 2.53. The zero-order valence-electron chi connectivity index (χ0n) is 73.3. The quantitative estimate of drug-likeness (QED) is 0.0113. The molecule has 124 heavy (non-hydrogen) atoms. The Kier molecular flexibility index (Phi) is 36.8. The van der Waals surface area contributed by atoms with Gasteiger partial charge in [-0.15, -0.1) is 0 Å². The van der Waals surface area contributed by atoms with E-state index in [-0.39, 0.29) is 68.0 Å². The number of Topliss-reactive ketones (excluding diaryl/α,β-unsaturated/α-hetero) is 2. The van der Waals surface area contributed by atoms with E-state index in [1.165, 1.54) is 11.9 Å². The number of hydrogen-bond donors (Lipinski definition) is 6. The van der Waals surface area contributed by atoms with Crippen molar-refractivity contribution in [3.8, 4) is 11.3 Å². The number of aliphatic hydroxyl groups excluding tert-OH is 3. The molecule has 4 fully saturated rings. The maximum Gasteiger partial charge on any atom is 0.410 e. The van der Waals surface area contributed by atoms with Crippen LogP contribution in [0.25, 0.3) is 33.4 Å². The summed E-state index contributed by atoms with van der Waals surface area (Å²) >= 11 is 0. The fraction of sp³-hybridized carbons (Fsp3) is 0.648. The Hall–Kier alpha value is -8.36. The first-order valence-electron chi connectivity index (χ1n) is 44.2. The highest BCUT2D eigenvalue weighted by atomic mass is 16.6. The number of oxazole rings is 1. The lowest BCUT2D eigenvalue weighted by Crippen LogP contribution is -2.61. The second kappa shape index (κ2) is 47.4. The minimum absolute atomic E-state index is 0.0227. The van der Waals surface area contributed by atoms with Crippen molar-refractivity contribution in [1.82, 2.24) is 44.3 Å². The minimum Gasteiger partial charge on any atom is -0.459 e. The van der Waals surface area contributed by atoms with Gasteiger partial charge in [0.1, 0.15) is 48.0 Å². The molecule has 8 heterocycles. The Labute approximate surface area is 726 Å². The van der Waals surface area contributed by atoms with E-state index in [0.29, 0.717) is 194 Å². The molecule has 0 radical (unpaired) electrons. The molecule has 682 valence electrons. The third-order valence-corrected chi connectivity index (χ3v) is 25.0. The summed E-state index contributed by atoms with van der Waals surface area (Å²) in [6.45, 7) is 19.9. The molecule has 0 spiro atoms. The Balaban J connectivity index is 0.539. The number of anilines is 1. The van der Waals surface area contributed by atoms with Crippen LogP contribution in [-0.2, 0) is 95.6 Å². The van der Waals surface area contributed by atoms with Crippen LogP contribution in [0.2, 0.25) is 0 Å². The summed E-state index contributed by atoms with van der Waals surface area (Å²) in [6, 6.07) is 9.99. The monoisotopic (exact) mass is 1730 g/mol. The van der Waals surface area contributed by atoms with E-state index in [1.807, 2.05) is 72.0 Å². The van der Waals surface area contributed by atoms with E-state index < -0.39 is 114 Å². The number of nitrogens with two attached hydrogens (primary N) is 2. The predicted molar refractivity (Wildman–Crippen MR) is 459 cm³/mol. The molecular formula is C91H131N11O22. The lowest BCUT2D eigenvalue weighted by molar-refractivity contribution is -0.265. The summed E-state index contributed by atoms with van der Waals surface area (Å²) in [5.41, 5.74) is 20.9. The fourth-order valence-electron chi connectivity index (χ4n) is 17.4. The number of aromatic nitrogens is 5. The number of ether oxygens (including phenoxy) is 11. The van der Waals surface area contributed by atoms with Gasteiger partial charge in [-0.25, -0.2) is 24.2 Å². The number of aliphatic hydroxyl groups is 4. The van der Waals surface area contributed by atoms with Gasteiger partial charge >= 0.3 is 12.1 Å². The zero-order valence-corrected chi connectivity index (χ0v) is 73.3. The van der Waals surface area contributed by atoms with E-state index in [0.717, 1.165) is 50.3 Å². The van der Waals surface area contributed by atoms with Crippen LogP contribution in [0, 0.1) is 29.6 Å². The van der Waals surface area contributed by atoms with Gasteiger partial charge in [-0.1, -0.05) is 82.4 Å². The predicted octanol–water partition coefficient (Wildman–Crippen LogP) is 7.42. The number of amides is 3. The SMILES string of the molecule is CO[C@H]1C[C@@H]2CC[C@@H](C)[C@@](O)(O2)C(=O)C(=O)N2CCCC[C@H]2C(=O)O[C@H]([C@H](N)C[C@@H]2CC[C@@H](OC(=O)N3CCN(CCOCCOCCOCCOCCOCCOCCC(=O)N4CCc5cc(Cn6nc(-c7ccc8oc(N)nc8c7)c7cncnc76)ccc5C4)CC3)[C@H](OC)C2)C[C@@H](O)[C@H](C)/C=C(\C)[C@@H](O)[C@@H](O)C(=O)[C@H](C)C[C@H](C)/C=C/C=CC=C1C. The van der Waals surface area contributed by atoms with Crippen LogP contribution < -0.4 is 11.5 Å². The molecule has 1 saturated carbocycles. The first kappa shape index (κ1) is 96.3. The van der Waals surface area contributed by atoms with E-state index in [2.05, 4.69) is 38.1 Å². The van der Waals surface area contributed by atoms with Gasteiger partial charge in [-0.3, -0.25) is 24.1 Å². The van der Waals surface area contributed by atoms with Crippen molar-refractivity contribution < 1.29 is 106 Å². The maximum atomic E-state index is 14.7. The van der Waals surface area contributed by atoms with Crippen LogP contribution >= 0.6 is 0 Å². The molecule has 2 aromatic carbocycles. The number of nitrogens with zero attached hydrogens (tertiary/aromatic N) is 9. The summed E-state index contributed by atoms with van der Waals surface area (Å²) in [7, 11) is 3.12. The van der Waals surface area contributed by atoms with Crippen molar-refractivity contribution in [3.05, 3.63) is 113 Å².